The van der Waals surface area contributed by atoms with Gasteiger partial charge in [-0.15, -0.1) is 0 Å². The van der Waals surface area contributed by atoms with E-state index in [0.717, 1.165) is 31.0 Å². The van der Waals surface area contributed by atoms with Gasteiger partial charge in [-0.25, -0.2) is 8.78 Å². The van der Waals surface area contributed by atoms with Crippen molar-refractivity contribution in [3.05, 3.63) is 35.4 Å². The van der Waals surface area contributed by atoms with Crippen LogP contribution >= 0.6 is 0 Å². The number of hydrogen-bond donors (Lipinski definition) is 0. The molecule has 0 saturated heterocycles. The number of methoxy groups -OCH3 is 1. The molecule has 0 atom stereocenters. The molecular formula is C17H22F2O2. The van der Waals surface area contributed by atoms with Gasteiger partial charge in [0.05, 0.1) is 0 Å². The van der Waals surface area contributed by atoms with E-state index in [9.17, 15) is 13.6 Å². The lowest BCUT2D eigenvalue weighted by Gasteiger charge is -2.41. The molecule has 21 heavy (non-hydrogen) atoms. The van der Waals surface area contributed by atoms with Gasteiger partial charge in [-0.05, 0) is 54.9 Å². The molecule has 0 N–H and O–H groups in total. The van der Waals surface area contributed by atoms with Gasteiger partial charge in [0.1, 0.15) is 17.2 Å². The summed E-state index contributed by atoms with van der Waals surface area (Å²) in [7, 11) is 1.53. The predicted molar refractivity (Wildman–Crippen MR) is 77.1 cm³/mol. The zero-order valence-corrected chi connectivity index (χ0v) is 12.8. The van der Waals surface area contributed by atoms with Crippen LogP contribution in [0.25, 0.3) is 0 Å². The maximum absolute atomic E-state index is 13.7. The maximum Gasteiger partial charge on any atom is 0.169 e. The van der Waals surface area contributed by atoms with Crippen molar-refractivity contribution in [3.63, 3.8) is 0 Å². The van der Waals surface area contributed by atoms with Gasteiger partial charge in [-0.2, -0.15) is 0 Å². The van der Waals surface area contributed by atoms with Gasteiger partial charge < -0.3 is 4.74 Å². The zero-order valence-electron chi connectivity index (χ0n) is 12.8. The van der Waals surface area contributed by atoms with E-state index in [2.05, 4.69) is 13.8 Å². The van der Waals surface area contributed by atoms with Crippen LogP contribution in [0.15, 0.2) is 18.2 Å². The Labute approximate surface area is 124 Å². The van der Waals surface area contributed by atoms with Crippen LogP contribution in [0.2, 0.25) is 0 Å². The number of carbonyl (C=O) groups is 1. The van der Waals surface area contributed by atoms with Crippen molar-refractivity contribution in [1.29, 1.82) is 0 Å². The molecule has 0 bridgehead atoms. The Hall–Kier alpha value is -1.29. The molecule has 4 heteroatoms. The SMILES string of the molecule is COC1(C(=O)Cc2cc(F)ccc2F)CCC(C)(C)CC1. The van der Waals surface area contributed by atoms with E-state index in [4.69, 9.17) is 4.74 Å². The van der Waals surface area contributed by atoms with Crippen molar-refractivity contribution in [3.8, 4) is 0 Å². The summed E-state index contributed by atoms with van der Waals surface area (Å²) in [5.74, 6) is -1.24. The third-order valence-electron chi connectivity index (χ3n) is 4.67. The molecule has 0 radical (unpaired) electrons. The van der Waals surface area contributed by atoms with Crippen LogP contribution in [0.1, 0.15) is 45.1 Å². The molecule has 1 fully saturated rings. The van der Waals surface area contributed by atoms with Crippen molar-refractivity contribution < 1.29 is 18.3 Å². The minimum Gasteiger partial charge on any atom is -0.370 e. The van der Waals surface area contributed by atoms with Crippen molar-refractivity contribution in [2.75, 3.05) is 7.11 Å². The van der Waals surface area contributed by atoms with Crippen LogP contribution in [0.4, 0.5) is 8.78 Å². The van der Waals surface area contributed by atoms with E-state index in [1.807, 2.05) is 0 Å². The van der Waals surface area contributed by atoms with Gasteiger partial charge in [-0.1, -0.05) is 13.8 Å². The van der Waals surface area contributed by atoms with Crippen molar-refractivity contribution in [1.82, 2.24) is 0 Å². The molecule has 1 aliphatic carbocycles. The van der Waals surface area contributed by atoms with Gasteiger partial charge in [0, 0.05) is 13.5 Å². The molecule has 1 aromatic rings. The van der Waals surface area contributed by atoms with Crippen LogP contribution in [0.5, 0.6) is 0 Å². The molecule has 2 nitrogen and oxygen atoms in total. The fraction of sp³-hybridized carbons (Fsp3) is 0.588. The molecular weight excluding hydrogens is 274 g/mol. The predicted octanol–water partition coefficient (Wildman–Crippen LogP) is 4.06. The van der Waals surface area contributed by atoms with E-state index >= 15 is 0 Å². The first-order valence-corrected chi connectivity index (χ1v) is 7.30. The quantitative estimate of drug-likeness (QED) is 0.837. The molecule has 0 aromatic heterocycles. The normalized spacial score (nSPS) is 20.2. The Balaban J connectivity index is 2.16. The van der Waals surface area contributed by atoms with E-state index in [1.54, 1.807) is 0 Å². The fourth-order valence-electron chi connectivity index (χ4n) is 2.94. The first-order chi connectivity index (χ1) is 9.78. The van der Waals surface area contributed by atoms with Crippen molar-refractivity contribution in [2.45, 2.75) is 51.6 Å². The summed E-state index contributed by atoms with van der Waals surface area (Å²) in [6.07, 6.45) is 2.91. The number of halogens is 2. The largest absolute Gasteiger partial charge is 0.370 e. The van der Waals surface area contributed by atoms with E-state index in [1.165, 1.54) is 7.11 Å². The highest BCUT2D eigenvalue weighted by Crippen LogP contribution is 2.42. The van der Waals surface area contributed by atoms with E-state index in [0.29, 0.717) is 12.8 Å². The van der Waals surface area contributed by atoms with Gasteiger partial charge in [0.15, 0.2) is 5.78 Å². The highest BCUT2D eigenvalue weighted by Gasteiger charge is 2.43. The molecule has 0 spiro atoms. The molecule has 1 saturated carbocycles. The highest BCUT2D eigenvalue weighted by molar-refractivity contribution is 5.89. The minimum absolute atomic E-state index is 0.0984. The molecule has 0 heterocycles. The minimum atomic E-state index is -0.853. The number of ether oxygens (including phenoxy) is 1. The zero-order chi connectivity index (χ0) is 15.7. The Kier molecular flexibility index (Phi) is 4.47. The second-order valence-corrected chi connectivity index (χ2v) is 6.70. The number of hydrogen-bond acceptors (Lipinski definition) is 2. The van der Waals surface area contributed by atoms with Crippen molar-refractivity contribution >= 4 is 5.78 Å². The van der Waals surface area contributed by atoms with Crippen LogP contribution in [-0.4, -0.2) is 18.5 Å². The molecule has 2 rings (SSSR count). The lowest BCUT2D eigenvalue weighted by Crippen LogP contribution is -2.46. The van der Waals surface area contributed by atoms with Gasteiger partial charge in [0.25, 0.3) is 0 Å². The second kappa shape index (κ2) is 5.84. The molecule has 1 aromatic carbocycles. The van der Waals surface area contributed by atoms with Gasteiger partial charge in [0.2, 0.25) is 0 Å². The molecule has 0 unspecified atom stereocenters. The third-order valence-corrected chi connectivity index (χ3v) is 4.67. The molecule has 0 aliphatic heterocycles. The fourth-order valence-corrected chi connectivity index (χ4v) is 2.94. The average molecular weight is 296 g/mol. The van der Waals surface area contributed by atoms with Gasteiger partial charge in [-0.3, -0.25) is 4.79 Å². The maximum atomic E-state index is 13.7. The molecule has 116 valence electrons. The van der Waals surface area contributed by atoms with Crippen LogP contribution < -0.4 is 0 Å². The number of rotatable bonds is 4. The van der Waals surface area contributed by atoms with Gasteiger partial charge >= 0.3 is 0 Å². The number of carbonyl (C=O) groups excluding carboxylic acids is 1. The number of ketones is 1. The monoisotopic (exact) mass is 296 g/mol. The Morgan fingerprint density at radius 2 is 1.81 bits per heavy atom. The third kappa shape index (κ3) is 3.49. The molecule has 0 amide bonds. The summed E-state index contributed by atoms with van der Waals surface area (Å²) in [5, 5.41) is 0. The summed E-state index contributed by atoms with van der Waals surface area (Å²) < 4.78 is 32.4. The lowest BCUT2D eigenvalue weighted by molar-refractivity contribution is -0.147. The van der Waals surface area contributed by atoms with Crippen LogP contribution in [0, 0.1) is 17.0 Å². The topological polar surface area (TPSA) is 26.3 Å². The first-order valence-electron chi connectivity index (χ1n) is 7.30. The van der Waals surface area contributed by atoms with E-state index in [-0.39, 0.29) is 23.2 Å². The Morgan fingerprint density at radius 3 is 2.38 bits per heavy atom. The van der Waals surface area contributed by atoms with E-state index < -0.39 is 17.2 Å². The standard InChI is InChI=1S/C17H22F2O2/c1-16(2)6-8-17(21-3,9-7-16)15(20)11-12-10-13(18)4-5-14(12)19/h4-5,10H,6-9,11H2,1-3H3. The number of benzene rings is 1. The summed E-state index contributed by atoms with van der Waals surface area (Å²) >= 11 is 0. The summed E-state index contributed by atoms with van der Waals surface area (Å²) in [4.78, 5) is 12.6. The summed E-state index contributed by atoms with van der Waals surface area (Å²) in [6.45, 7) is 4.34. The first kappa shape index (κ1) is 16.1. The lowest BCUT2D eigenvalue weighted by atomic mass is 9.69. The van der Waals surface area contributed by atoms with Crippen molar-refractivity contribution in [2.24, 2.45) is 5.41 Å². The highest BCUT2D eigenvalue weighted by atomic mass is 19.1. The Bertz CT molecular complexity index is 528. The van der Waals surface area contributed by atoms with Crippen LogP contribution in [0.3, 0.4) is 0 Å². The second-order valence-electron chi connectivity index (χ2n) is 6.70. The Morgan fingerprint density at radius 1 is 1.19 bits per heavy atom. The van der Waals surface area contributed by atoms with Crippen LogP contribution in [-0.2, 0) is 16.0 Å². The number of Topliss-reactive ketones (excluding diaryl/α,β-unsaturated/α-hetero) is 1. The smallest absolute Gasteiger partial charge is 0.169 e. The average Bonchev–Trinajstić information content (AvgIpc) is 2.43. The molecule has 1 aliphatic rings. The summed E-state index contributed by atoms with van der Waals surface area (Å²) in [5.41, 5.74) is -0.554. The summed E-state index contributed by atoms with van der Waals surface area (Å²) in [6, 6.07) is 3.20.